The summed E-state index contributed by atoms with van der Waals surface area (Å²) in [5.74, 6) is -0.347. The van der Waals surface area contributed by atoms with Gasteiger partial charge in [0.15, 0.2) is 5.15 Å². The van der Waals surface area contributed by atoms with Gasteiger partial charge < -0.3 is 20.1 Å². The molecule has 1 aliphatic heterocycles. The minimum Gasteiger partial charge on any atom is -0.475 e. The first kappa shape index (κ1) is 19.5. The van der Waals surface area contributed by atoms with Gasteiger partial charge in [-0.2, -0.15) is 0 Å². The molecular weight excluding hydrogens is 346 g/mol. The second kappa shape index (κ2) is 7.58. The van der Waals surface area contributed by atoms with Crippen LogP contribution in [0.3, 0.4) is 0 Å². The van der Waals surface area contributed by atoms with Crippen LogP contribution in [0.15, 0.2) is 6.07 Å². The molecule has 1 fully saturated rings. The summed E-state index contributed by atoms with van der Waals surface area (Å²) in [4.78, 5) is 28.0. The maximum atomic E-state index is 12.5. The lowest BCUT2D eigenvalue weighted by Crippen LogP contribution is -2.57. The van der Waals surface area contributed by atoms with Gasteiger partial charge in [0.2, 0.25) is 12.0 Å². The molecule has 0 radical (unpaired) electrons. The van der Waals surface area contributed by atoms with Crippen molar-refractivity contribution in [3.63, 3.8) is 0 Å². The molecule has 25 heavy (non-hydrogen) atoms. The van der Waals surface area contributed by atoms with Crippen molar-refractivity contribution in [3.05, 3.63) is 16.9 Å². The molecule has 2 heterocycles. The van der Waals surface area contributed by atoms with Crippen LogP contribution in [0.2, 0.25) is 5.15 Å². The average molecular weight is 370 g/mol. The van der Waals surface area contributed by atoms with Gasteiger partial charge in [-0.15, -0.1) is 0 Å². The van der Waals surface area contributed by atoms with Crippen LogP contribution in [-0.2, 0) is 14.3 Å². The highest BCUT2D eigenvalue weighted by atomic mass is 35.5. The lowest BCUT2D eigenvalue weighted by molar-refractivity contribution is -0.166. The highest BCUT2D eigenvalue weighted by Crippen LogP contribution is 2.29. The van der Waals surface area contributed by atoms with Crippen LogP contribution in [0.25, 0.3) is 0 Å². The van der Waals surface area contributed by atoms with Gasteiger partial charge in [0.05, 0.1) is 17.4 Å². The van der Waals surface area contributed by atoms with E-state index in [1.807, 2.05) is 0 Å². The van der Waals surface area contributed by atoms with Crippen LogP contribution in [-0.4, -0.2) is 41.2 Å². The van der Waals surface area contributed by atoms with E-state index < -0.39 is 17.7 Å². The standard InChI is InChI=1S/C17H24ClN3O4/c1-9-13(8-12(15(18)20-9)21-10(2)22)24-14(11-6-7-19-11)16(23)25-17(3,4)5/h8,11,14,19H,6-7H2,1-5H3,(H,21,22)/t11-,14?/m0/s1. The van der Waals surface area contributed by atoms with Crippen LogP contribution < -0.4 is 15.4 Å². The molecule has 0 saturated carbocycles. The number of halogens is 1. The number of nitrogens with zero attached hydrogens (tertiary/aromatic N) is 1. The van der Waals surface area contributed by atoms with Crippen LogP contribution in [0.5, 0.6) is 5.75 Å². The summed E-state index contributed by atoms with van der Waals surface area (Å²) in [5.41, 5.74) is 0.239. The number of ether oxygens (including phenoxy) is 2. The van der Waals surface area contributed by atoms with E-state index in [0.29, 0.717) is 17.1 Å². The number of pyridine rings is 1. The number of carbonyl (C=O) groups excluding carboxylic acids is 2. The fourth-order valence-corrected chi connectivity index (χ4v) is 2.54. The van der Waals surface area contributed by atoms with Crippen LogP contribution >= 0.6 is 11.6 Å². The van der Waals surface area contributed by atoms with Gasteiger partial charge in [-0.1, -0.05) is 11.6 Å². The third-order valence-corrected chi connectivity index (χ3v) is 3.84. The molecular formula is C17H24ClN3O4. The Labute approximate surface area is 152 Å². The first-order valence-electron chi connectivity index (χ1n) is 8.14. The van der Waals surface area contributed by atoms with Crippen molar-refractivity contribution in [2.45, 2.75) is 58.8 Å². The molecule has 1 aromatic heterocycles. The zero-order chi connectivity index (χ0) is 18.8. The quantitative estimate of drug-likeness (QED) is 0.612. The molecule has 0 aromatic carbocycles. The summed E-state index contributed by atoms with van der Waals surface area (Å²) in [6.07, 6.45) is 0.00235. The van der Waals surface area contributed by atoms with Crippen molar-refractivity contribution in [2.24, 2.45) is 0 Å². The molecule has 0 spiro atoms. The van der Waals surface area contributed by atoms with E-state index in [1.54, 1.807) is 33.8 Å². The first-order chi connectivity index (χ1) is 11.6. The van der Waals surface area contributed by atoms with Gasteiger partial charge in [-0.05, 0) is 40.7 Å². The predicted octanol–water partition coefficient (Wildman–Crippen LogP) is 2.45. The number of rotatable bonds is 5. The van der Waals surface area contributed by atoms with Gasteiger partial charge in [0.25, 0.3) is 0 Å². The molecule has 1 aromatic rings. The highest BCUT2D eigenvalue weighted by molar-refractivity contribution is 6.32. The summed E-state index contributed by atoms with van der Waals surface area (Å²) < 4.78 is 11.4. The molecule has 2 N–H and O–H groups in total. The van der Waals surface area contributed by atoms with Crippen molar-refractivity contribution in [1.29, 1.82) is 0 Å². The lowest BCUT2D eigenvalue weighted by Gasteiger charge is -2.35. The summed E-state index contributed by atoms with van der Waals surface area (Å²) in [7, 11) is 0. The molecule has 2 rings (SSSR count). The Balaban J connectivity index is 2.26. The van der Waals surface area contributed by atoms with Crippen LogP contribution in [0.1, 0.15) is 39.8 Å². The third kappa shape index (κ3) is 5.31. The largest absolute Gasteiger partial charge is 0.475 e. The fraction of sp³-hybridized carbons (Fsp3) is 0.588. The topological polar surface area (TPSA) is 89.5 Å². The normalized spacial score (nSPS) is 18.1. The third-order valence-electron chi connectivity index (χ3n) is 3.55. The zero-order valence-electron chi connectivity index (χ0n) is 15.1. The summed E-state index contributed by atoms with van der Waals surface area (Å²) in [5, 5.41) is 5.92. The van der Waals surface area contributed by atoms with E-state index in [1.165, 1.54) is 6.92 Å². The van der Waals surface area contributed by atoms with E-state index in [9.17, 15) is 9.59 Å². The van der Waals surface area contributed by atoms with Gasteiger partial charge in [0.1, 0.15) is 11.4 Å². The minimum atomic E-state index is -0.806. The SMILES string of the molecule is CC(=O)Nc1cc(OC(C(=O)OC(C)(C)C)[C@@H]2CCN2)c(C)nc1Cl. The summed E-state index contributed by atoms with van der Waals surface area (Å²) in [6, 6.07) is 1.44. The number of hydrogen-bond acceptors (Lipinski definition) is 6. The monoisotopic (exact) mass is 369 g/mol. The van der Waals surface area contributed by atoms with Gasteiger partial charge in [-0.25, -0.2) is 9.78 Å². The number of carbonyl (C=O) groups is 2. The first-order valence-corrected chi connectivity index (χ1v) is 8.52. The van der Waals surface area contributed by atoms with Crippen molar-refractivity contribution >= 4 is 29.2 Å². The number of nitrogens with one attached hydrogen (secondary N) is 2. The summed E-state index contributed by atoms with van der Waals surface area (Å²) in [6.45, 7) is 9.33. The Morgan fingerprint density at radius 3 is 2.56 bits per heavy atom. The Morgan fingerprint density at radius 2 is 2.08 bits per heavy atom. The van der Waals surface area contributed by atoms with Crippen molar-refractivity contribution in [3.8, 4) is 5.75 Å². The zero-order valence-corrected chi connectivity index (χ0v) is 15.9. The summed E-state index contributed by atoms with van der Waals surface area (Å²) >= 11 is 6.05. The highest BCUT2D eigenvalue weighted by Gasteiger charge is 2.37. The maximum Gasteiger partial charge on any atom is 0.349 e. The molecule has 7 nitrogen and oxygen atoms in total. The van der Waals surface area contributed by atoms with Gasteiger partial charge in [0, 0.05) is 13.0 Å². The Kier molecular flexibility index (Phi) is 5.90. The lowest BCUT2D eigenvalue weighted by atomic mass is 10.0. The molecule has 138 valence electrons. The number of hydrogen-bond donors (Lipinski definition) is 2. The Bertz CT molecular complexity index is 669. The second-order valence-electron chi connectivity index (χ2n) is 7.01. The molecule has 1 aliphatic rings. The second-order valence-corrected chi connectivity index (χ2v) is 7.37. The Hall–Kier alpha value is -1.86. The minimum absolute atomic E-state index is 0.130. The van der Waals surface area contributed by atoms with Crippen LogP contribution in [0.4, 0.5) is 5.69 Å². The molecule has 0 aliphatic carbocycles. The molecule has 8 heteroatoms. The molecule has 1 saturated heterocycles. The number of aromatic nitrogens is 1. The van der Waals surface area contributed by atoms with Gasteiger partial charge in [-0.3, -0.25) is 4.79 Å². The number of aryl methyl sites for hydroxylation is 1. The molecule has 1 unspecified atom stereocenters. The maximum absolute atomic E-state index is 12.5. The smallest absolute Gasteiger partial charge is 0.349 e. The molecule has 1 amide bonds. The van der Waals surface area contributed by atoms with Gasteiger partial charge >= 0.3 is 5.97 Å². The van der Waals surface area contributed by atoms with E-state index in [2.05, 4.69) is 15.6 Å². The molecule has 0 bridgehead atoms. The number of esters is 1. The van der Waals surface area contributed by atoms with Crippen molar-refractivity contribution in [1.82, 2.24) is 10.3 Å². The van der Waals surface area contributed by atoms with E-state index in [-0.39, 0.29) is 17.1 Å². The van der Waals surface area contributed by atoms with Crippen LogP contribution in [0, 0.1) is 6.92 Å². The average Bonchev–Trinajstić information content (AvgIpc) is 2.38. The fourth-order valence-electron chi connectivity index (χ4n) is 2.31. The molecule has 2 atom stereocenters. The predicted molar refractivity (Wildman–Crippen MR) is 95.0 cm³/mol. The number of anilines is 1. The van der Waals surface area contributed by atoms with Crippen molar-refractivity contribution < 1.29 is 19.1 Å². The van der Waals surface area contributed by atoms with Crippen molar-refractivity contribution in [2.75, 3.05) is 11.9 Å². The van der Waals surface area contributed by atoms with E-state index >= 15 is 0 Å². The Morgan fingerprint density at radius 1 is 1.44 bits per heavy atom. The van der Waals surface area contributed by atoms with E-state index in [0.717, 1.165) is 13.0 Å². The number of amides is 1. The van der Waals surface area contributed by atoms with E-state index in [4.69, 9.17) is 21.1 Å².